The number of carbonyl (C=O) groups excluding carboxylic acids is 1. The number of nitrogens with one attached hydrogen (secondary N) is 1. The van der Waals surface area contributed by atoms with Crippen molar-refractivity contribution in [3.8, 4) is 0 Å². The molecule has 1 amide bonds. The largest absolute Gasteiger partial charge is 0.350 e. The second kappa shape index (κ2) is 8.50. The topological polar surface area (TPSA) is 45.2 Å². The SMILES string of the molecule is CCc1ccc(CNC(=O)CN2CCC(c3nc4ccccc4s3)CC2)s1. The van der Waals surface area contributed by atoms with Crippen LogP contribution in [-0.4, -0.2) is 35.4 Å². The van der Waals surface area contributed by atoms with E-state index in [1.165, 1.54) is 19.5 Å². The van der Waals surface area contributed by atoms with Crippen LogP contribution >= 0.6 is 22.7 Å². The van der Waals surface area contributed by atoms with Gasteiger partial charge in [-0.25, -0.2) is 4.98 Å². The van der Waals surface area contributed by atoms with Crippen LogP contribution in [0.3, 0.4) is 0 Å². The van der Waals surface area contributed by atoms with Crippen LogP contribution in [0, 0.1) is 0 Å². The van der Waals surface area contributed by atoms with Gasteiger partial charge in [-0.3, -0.25) is 9.69 Å². The molecule has 4 rings (SSSR count). The maximum Gasteiger partial charge on any atom is 0.234 e. The highest BCUT2D eigenvalue weighted by atomic mass is 32.1. The van der Waals surface area contributed by atoms with E-state index in [4.69, 9.17) is 4.98 Å². The Morgan fingerprint density at radius 1 is 1.15 bits per heavy atom. The van der Waals surface area contributed by atoms with E-state index in [-0.39, 0.29) is 5.91 Å². The molecule has 3 heterocycles. The monoisotopic (exact) mass is 399 g/mol. The molecule has 0 spiro atoms. The van der Waals surface area contributed by atoms with Crippen LogP contribution in [0.5, 0.6) is 0 Å². The van der Waals surface area contributed by atoms with Crippen LogP contribution in [0.15, 0.2) is 36.4 Å². The minimum absolute atomic E-state index is 0.125. The van der Waals surface area contributed by atoms with E-state index in [0.717, 1.165) is 37.9 Å². The molecule has 1 aliphatic rings. The van der Waals surface area contributed by atoms with E-state index in [2.05, 4.69) is 47.5 Å². The molecule has 0 bridgehead atoms. The molecule has 1 saturated heterocycles. The summed E-state index contributed by atoms with van der Waals surface area (Å²) in [6.07, 6.45) is 3.22. The number of likely N-dealkylation sites (tertiary alicyclic amines) is 1. The van der Waals surface area contributed by atoms with Gasteiger partial charge in [0.2, 0.25) is 5.91 Å². The molecule has 0 atom stereocenters. The highest BCUT2D eigenvalue weighted by Gasteiger charge is 2.24. The minimum Gasteiger partial charge on any atom is -0.350 e. The van der Waals surface area contributed by atoms with Gasteiger partial charge in [0, 0.05) is 15.7 Å². The Bertz CT molecular complexity index is 876. The lowest BCUT2D eigenvalue weighted by molar-refractivity contribution is -0.122. The molecule has 142 valence electrons. The fraction of sp³-hybridized carbons (Fsp3) is 0.429. The number of hydrogen-bond donors (Lipinski definition) is 1. The maximum atomic E-state index is 12.3. The first-order valence-electron chi connectivity index (χ1n) is 9.63. The number of aromatic nitrogens is 1. The summed E-state index contributed by atoms with van der Waals surface area (Å²) in [7, 11) is 0. The molecule has 0 aliphatic carbocycles. The summed E-state index contributed by atoms with van der Waals surface area (Å²) in [4.78, 5) is 22.0. The summed E-state index contributed by atoms with van der Waals surface area (Å²) < 4.78 is 1.27. The van der Waals surface area contributed by atoms with Gasteiger partial charge < -0.3 is 5.32 Å². The molecule has 1 N–H and O–H groups in total. The molecule has 0 saturated carbocycles. The Morgan fingerprint density at radius 3 is 2.67 bits per heavy atom. The number of fused-ring (bicyclic) bond motifs is 1. The number of benzene rings is 1. The molecule has 27 heavy (non-hydrogen) atoms. The zero-order valence-corrected chi connectivity index (χ0v) is 17.2. The van der Waals surface area contributed by atoms with Crippen molar-refractivity contribution in [2.45, 2.75) is 38.6 Å². The van der Waals surface area contributed by atoms with Gasteiger partial charge >= 0.3 is 0 Å². The van der Waals surface area contributed by atoms with Crippen molar-refractivity contribution in [2.24, 2.45) is 0 Å². The molecule has 4 nitrogen and oxygen atoms in total. The van der Waals surface area contributed by atoms with Crippen molar-refractivity contribution in [3.05, 3.63) is 51.2 Å². The minimum atomic E-state index is 0.125. The summed E-state index contributed by atoms with van der Waals surface area (Å²) in [5, 5.41) is 4.32. The highest BCUT2D eigenvalue weighted by Crippen LogP contribution is 2.33. The number of thiazole rings is 1. The van der Waals surface area contributed by atoms with Gasteiger partial charge in [0.1, 0.15) is 0 Å². The smallest absolute Gasteiger partial charge is 0.234 e. The molecular weight excluding hydrogens is 374 g/mol. The molecule has 1 fully saturated rings. The average Bonchev–Trinajstić information content (AvgIpc) is 3.33. The lowest BCUT2D eigenvalue weighted by atomic mass is 9.97. The van der Waals surface area contributed by atoms with E-state index < -0.39 is 0 Å². The summed E-state index contributed by atoms with van der Waals surface area (Å²) in [6.45, 7) is 5.23. The average molecular weight is 400 g/mol. The predicted octanol–water partition coefficient (Wildman–Crippen LogP) is 4.42. The Morgan fingerprint density at radius 2 is 1.93 bits per heavy atom. The molecule has 6 heteroatoms. The first-order chi connectivity index (χ1) is 13.2. The Labute approximate surface area is 168 Å². The third-order valence-corrected chi connectivity index (χ3v) is 7.57. The van der Waals surface area contributed by atoms with Crippen molar-refractivity contribution in [1.82, 2.24) is 15.2 Å². The van der Waals surface area contributed by atoms with Crippen molar-refractivity contribution >= 4 is 38.8 Å². The first kappa shape index (κ1) is 18.6. The Kier molecular flexibility index (Phi) is 5.86. The normalized spacial score (nSPS) is 16.0. The zero-order valence-electron chi connectivity index (χ0n) is 15.6. The number of thiophene rings is 1. The van der Waals surface area contributed by atoms with Crippen molar-refractivity contribution in [1.29, 1.82) is 0 Å². The zero-order chi connectivity index (χ0) is 18.6. The number of aryl methyl sites for hydroxylation is 1. The van der Waals surface area contributed by atoms with Gasteiger partial charge in [-0.2, -0.15) is 0 Å². The fourth-order valence-corrected chi connectivity index (χ4v) is 5.59. The van der Waals surface area contributed by atoms with Gasteiger partial charge in [-0.15, -0.1) is 22.7 Å². The van der Waals surface area contributed by atoms with E-state index >= 15 is 0 Å². The van der Waals surface area contributed by atoms with E-state index in [1.807, 2.05) is 17.4 Å². The first-order valence-corrected chi connectivity index (χ1v) is 11.3. The number of piperidine rings is 1. The highest BCUT2D eigenvalue weighted by molar-refractivity contribution is 7.18. The van der Waals surface area contributed by atoms with E-state index in [1.54, 1.807) is 11.3 Å². The van der Waals surface area contributed by atoms with Gasteiger partial charge in [-0.05, 0) is 56.6 Å². The Hall–Kier alpha value is -1.76. The van der Waals surface area contributed by atoms with Crippen molar-refractivity contribution in [3.63, 3.8) is 0 Å². The summed E-state index contributed by atoms with van der Waals surface area (Å²) in [5.41, 5.74) is 1.11. The van der Waals surface area contributed by atoms with Crippen LogP contribution in [0.4, 0.5) is 0 Å². The standard InChI is InChI=1S/C21H25N3OS2/c1-2-16-7-8-17(26-16)13-22-20(25)14-24-11-9-15(10-12-24)21-23-18-5-3-4-6-19(18)27-21/h3-8,15H,2,9-14H2,1H3,(H,22,25). The van der Waals surface area contributed by atoms with E-state index in [0.29, 0.717) is 19.0 Å². The summed E-state index contributed by atoms with van der Waals surface area (Å²) >= 11 is 3.61. The third-order valence-electron chi connectivity index (χ3n) is 5.14. The number of rotatable bonds is 6. The summed E-state index contributed by atoms with van der Waals surface area (Å²) in [5.74, 6) is 0.653. The van der Waals surface area contributed by atoms with Crippen molar-refractivity contribution in [2.75, 3.05) is 19.6 Å². The number of para-hydroxylation sites is 1. The molecule has 0 radical (unpaired) electrons. The number of carbonyl (C=O) groups is 1. The van der Waals surface area contributed by atoms with Crippen LogP contribution in [0.25, 0.3) is 10.2 Å². The van der Waals surface area contributed by atoms with Gasteiger partial charge in [-0.1, -0.05) is 19.1 Å². The third kappa shape index (κ3) is 4.57. The van der Waals surface area contributed by atoms with Crippen molar-refractivity contribution < 1.29 is 4.79 Å². The number of amides is 1. The summed E-state index contributed by atoms with van der Waals surface area (Å²) in [6, 6.07) is 12.6. The Balaban J connectivity index is 1.24. The lowest BCUT2D eigenvalue weighted by Crippen LogP contribution is -2.40. The van der Waals surface area contributed by atoms with Crippen LogP contribution < -0.4 is 5.32 Å². The predicted molar refractivity (Wildman–Crippen MR) is 114 cm³/mol. The van der Waals surface area contributed by atoms with Crippen LogP contribution in [0.2, 0.25) is 0 Å². The van der Waals surface area contributed by atoms with Crippen LogP contribution in [-0.2, 0) is 17.8 Å². The molecular formula is C21H25N3OS2. The second-order valence-electron chi connectivity index (χ2n) is 7.07. The number of nitrogens with zero attached hydrogens (tertiary/aromatic N) is 2. The van der Waals surface area contributed by atoms with Crippen LogP contribution in [0.1, 0.15) is 40.4 Å². The molecule has 1 aliphatic heterocycles. The maximum absolute atomic E-state index is 12.3. The quantitative estimate of drug-likeness (QED) is 0.667. The molecule has 0 unspecified atom stereocenters. The second-order valence-corrected chi connectivity index (χ2v) is 9.38. The van der Waals surface area contributed by atoms with Gasteiger partial charge in [0.15, 0.2) is 0 Å². The fourth-order valence-electron chi connectivity index (χ4n) is 3.55. The molecule has 1 aromatic carbocycles. The molecule has 2 aromatic heterocycles. The molecule has 3 aromatic rings. The number of hydrogen-bond acceptors (Lipinski definition) is 5. The van der Waals surface area contributed by atoms with Gasteiger partial charge in [0.25, 0.3) is 0 Å². The van der Waals surface area contributed by atoms with Gasteiger partial charge in [0.05, 0.1) is 28.3 Å². The van der Waals surface area contributed by atoms with E-state index in [9.17, 15) is 4.79 Å². The lowest BCUT2D eigenvalue weighted by Gasteiger charge is -2.30.